The van der Waals surface area contributed by atoms with E-state index in [1.165, 1.54) is 0 Å². The minimum Gasteiger partial charge on any atom is -0.213 e. The standard InChI is InChI=1S/C14H10BrN3/c15-12-8-6-11(7-9-12)14-10-16-17-18(14)13-4-2-1-3-5-13/h1-10H. The van der Waals surface area contributed by atoms with Gasteiger partial charge in [0.15, 0.2) is 0 Å². The summed E-state index contributed by atoms with van der Waals surface area (Å²) in [7, 11) is 0. The minimum absolute atomic E-state index is 0.980. The molecule has 3 nitrogen and oxygen atoms in total. The van der Waals surface area contributed by atoms with Crippen LogP contribution in [0.15, 0.2) is 65.3 Å². The number of benzene rings is 2. The van der Waals surface area contributed by atoms with Gasteiger partial charge in [-0.05, 0) is 24.3 Å². The van der Waals surface area contributed by atoms with Gasteiger partial charge in [-0.2, -0.15) is 0 Å². The van der Waals surface area contributed by atoms with E-state index in [1.807, 2.05) is 59.3 Å². The van der Waals surface area contributed by atoms with Crippen molar-refractivity contribution < 1.29 is 0 Å². The second kappa shape index (κ2) is 4.74. The molecule has 4 heteroatoms. The van der Waals surface area contributed by atoms with Crippen molar-refractivity contribution in [3.05, 3.63) is 65.3 Å². The first-order valence-electron chi connectivity index (χ1n) is 5.57. The largest absolute Gasteiger partial charge is 0.213 e. The van der Waals surface area contributed by atoms with Crippen molar-refractivity contribution in [1.29, 1.82) is 0 Å². The zero-order valence-corrected chi connectivity index (χ0v) is 11.1. The molecule has 0 aliphatic rings. The lowest BCUT2D eigenvalue weighted by Crippen LogP contribution is -1.98. The van der Waals surface area contributed by atoms with E-state index in [0.717, 1.165) is 21.4 Å². The van der Waals surface area contributed by atoms with Crippen LogP contribution in [-0.2, 0) is 0 Å². The number of nitrogens with zero attached hydrogens (tertiary/aromatic N) is 3. The highest BCUT2D eigenvalue weighted by molar-refractivity contribution is 9.10. The highest BCUT2D eigenvalue weighted by Crippen LogP contribution is 2.23. The van der Waals surface area contributed by atoms with Gasteiger partial charge in [-0.25, -0.2) is 4.68 Å². The molecular weight excluding hydrogens is 290 g/mol. The smallest absolute Gasteiger partial charge is 0.0944 e. The van der Waals surface area contributed by atoms with E-state index in [-0.39, 0.29) is 0 Å². The van der Waals surface area contributed by atoms with Gasteiger partial charge in [0, 0.05) is 10.0 Å². The molecule has 0 fully saturated rings. The molecular formula is C14H10BrN3. The lowest BCUT2D eigenvalue weighted by molar-refractivity contribution is 0.808. The molecule has 0 N–H and O–H groups in total. The number of rotatable bonds is 2. The number of halogens is 1. The Labute approximate surface area is 113 Å². The molecule has 0 radical (unpaired) electrons. The third-order valence-electron chi connectivity index (χ3n) is 2.69. The van der Waals surface area contributed by atoms with E-state index < -0.39 is 0 Å². The van der Waals surface area contributed by atoms with Gasteiger partial charge in [0.25, 0.3) is 0 Å². The van der Waals surface area contributed by atoms with Gasteiger partial charge < -0.3 is 0 Å². The summed E-state index contributed by atoms with van der Waals surface area (Å²) in [5.41, 5.74) is 3.08. The SMILES string of the molecule is Brc1ccc(-c2cnnn2-c2ccccc2)cc1. The van der Waals surface area contributed by atoms with Gasteiger partial charge in [-0.15, -0.1) is 5.10 Å². The second-order valence-electron chi connectivity index (χ2n) is 3.87. The molecule has 0 aliphatic carbocycles. The van der Waals surface area contributed by atoms with Crippen molar-refractivity contribution in [1.82, 2.24) is 15.0 Å². The monoisotopic (exact) mass is 299 g/mol. The van der Waals surface area contributed by atoms with Gasteiger partial charge in [0.05, 0.1) is 17.6 Å². The Bertz CT molecular complexity index is 644. The first kappa shape index (κ1) is 11.2. The zero-order chi connectivity index (χ0) is 12.4. The fraction of sp³-hybridized carbons (Fsp3) is 0. The summed E-state index contributed by atoms with van der Waals surface area (Å²) >= 11 is 3.43. The molecule has 3 rings (SSSR count). The lowest BCUT2D eigenvalue weighted by atomic mass is 10.1. The molecule has 0 bridgehead atoms. The van der Waals surface area contributed by atoms with Crippen molar-refractivity contribution >= 4 is 15.9 Å². The second-order valence-corrected chi connectivity index (χ2v) is 4.79. The van der Waals surface area contributed by atoms with Crippen LogP contribution in [0, 0.1) is 0 Å². The first-order chi connectivity index (χ1) is 8.84. The molecule has 18 heavy (non-hydrogen) atoms. The average molecular weight is 300 g/mol. The number of aromatic nitrogens is 3. The Morgan fingerprint density at radius 2 is 1.61 bits per heavy atom. The maximum Gasteiger partial charge on any atom is 0.0944 e. The molecule has 2 aromatic carbocycles. The zero-order valence-electron chi connectivity index (χ0n) is 9.49. The molecule has 0 atom stereocenters. The molecule has 0 aliphatic heterocycles. The van der Waals surface area contributed by atoms with Crippen molar-refractivity contribution in [2.45, 2.75) is 0 Å². The van der Waals surface area contributed by atoms with Gasteiger partial charge in [-0.3, -0.25) is 0 Å². The van der Waals surface area contributed by atoms with Crippen molar-refractivity contribution in [2.24, 2.45) is 0 Å². The number of para-hydroxylation sites is 1. The molecule has 88 valence electrons. The Hall–Kier alpha value is -1.94. The highest BCUT2D eigenvalue weighted by atomic mass is 79.9. The van der Waals surface area contributed by atoms with Gasteiger partial charge >= 0.3 is 0 Å². The highest BCUT2D eigenvalue weighted by Gasteiger charge is 2.07. The molecule has 0 unspecified atom stereocenters. The Balaban J connectivity index is 2.10. The Morgan fingerprint density at radius 1 is 0.889 bits per heavy atom. The van der Waals surface area contributed by atoms with Crippen molar-refractivity contribution in [3.63, 3.8) is 0 Å². The van der Waals surface area contributed by atoms with Crippen LogP contribution in [0.5, 0.6) is 0 Å². The topological polar surface area (TPSA) is 30.7 Å². The molecule has 0 amide bonds. The van der Waals surface area contributed by atoms with E-state index in [2.05, 4.69) is 26.2 Å². The lowest BCUT2D eigenvalue weighted by Gasteiger charge is -2.05. The predicted octanol–water partition coefficient (Wildman–Crippen LogP) is 3.70. The fourth-order valence-corrected chi connectivity index (χ4v) is 2.08. The van der Waals surface area contributed by atoms with E-state index in [1.54, 1.807) is 6.20 Å². The quantitative estimate of drug-likeness (QED) is 0.722. The van der Waals surface area contributed by atoms with Crippen LogP contribution >= 0.6 is 15.9 Å². The Morgan fingerprint density at radius 3 is 2.33 bits per heavy atom. The van der Waals surface area contributed by atoms with E-state index >= 15 is 0 Å². The van der Waals surface area contributed by atoms with E-state index in [0.29, 0.717) is 0 Å². The summed E-state index contributed by atoms with van der Waals surface area (Å²) < 4.78 is 2.90. The number of hydrogen-bond acceptors (Lipinski definition) is 2. The fourth-order valence-electron chi connectivity index (χ4n) is 1.81. The first-order valence-corrected chi connectivity index (χ1v) is 6.36. The van der Waals surface area contributed by atoms with Crippen molar-refractivity contribution in [2.75, 3.05) is 0 Å². The van der Waals surface area contributed by atoms with Gasteiger partial charge in [-0.1, -0.05) is 51.5 Å². The molecule has 0 spiro atoms. The van der Waals surface area contributed by atoms with Gasteiger partial charge in [0.2, 0.25) is 0 Å². The third kappa shape index (κ3) is 2.07. The minimum atomic E-state index is 0.980. The van der Waals surface area contributed by atoms with Crippen LogP contribution in [0.2, 0.25) is 0 Å². The summed E-state index contributed by atoms with van der Waals surface area (Å²) in [4.78, 5) is 0. The normalized spacial score (nSPS) is 10.5. The van der Waals surface area contributed by atoms with Crippen LogP contribution in [-0.4, -0.2) is 15.0 Å². The van der Waals surface area contributed by atoms with Gasteiger partial charge in [0.1, 0.15) is 0 Å². The van der Waals surface area contributed by atoms with Crippen LogP contribution in [0.25, 0.3) is 16.9 Å². The van der Waals surface area contributed by atoms with Crippen LogP contribution in [0.3, 0.4) is 0 Å². The predicted molar refractivity (Wildman–Crippen MR) is 74.5 cm³/mol. The van der Waals surface area contributed by atoms with Crippen LogP contribution in [0.1, 0.15) is 0 Å². The van der Waals surface area contributed by atoms with Crippen molar-refractivity contribution in [3.8, 4) is 16.9 Å². The van der Waals surface area contributed by atoms with E-state index in [9.17, 15) is 0 Å². The average Bonchev–Trinajstić information content (AvgIpc) is 2.90. The maximum atomic E-state index is 4.14. The summed E-state index contributed by atoms with van der Waals surface area (Å²) in [6.45, 7) is 0. The molecule has 1 heterocycles. The number of hydrogen-bond donors (Lipinski definition) is 0. The van der Waals surface area contributed by atoms with Crippen LogP contribution in [0.4, 0.5) is 0 Å². The third-order valence-corrected chi connectivity index (χ3v) is 3.22. The summed E-state index contributed by atoms with van der Waals surface area (Å²) in [5, 5.41) is 8.14. The molecule has 0 saturated carbocycles. The maximum absolute atomic E-state index is 4.14. The Kier molecular flexibility index (Phi) is 2.94. The summed E-state index contributed by atoms with van der Waals surface area (Å²) in [6, 6.07) is 18.1. The summed E-state index contributed by atoms with van der Waals surface area (Å²) in [6.07, 6.45) is 1.77. The summed E-state index contributed by atoms with van der Waals surface area (Å²) in [5.74, 6) is 0. The molecule has 3 aromatic rings. The molecule has 1 aromatic heterocycles. The molecule has 0 saturated heterocycles. The van der Waals surface area contributed by atoms with Crippen LogP contribution < -0.4 is 0 Å². The van der Waals surface area contributed by atoms with E-state index in [4.69, 9.17) is 0 Å².